The van der Waals surface area contributed by atoms with Gasteiger partial charge >= 0.3 is 0 Å². The summed E-state index contributed by atoms with van der Waals surface area (Å²) in [6.07, 6.45) is 11.8. The van der Waals surface area contributed by atoms with Crippen LogP contribution < -0.4 is 0 Å². The molecule has 0 bridgehead atoms. The van der Waals surface area contributed by atoms with Gasteiger partial charge in [-0.3, -0.25) is 0 Å². The van der Waals surface area contributed by atoms with Crippen LogP contribution >= 0.6 is 11.8 Å². The van der Waals surface area contributed by atoms with E-state index in [0.29, 0.717) is 5.25 Å². The lowest BCUT2D eigenvalue weighted by molar-refractivity contribution is 0.163. The molecule has 2 fully saturated rings. The van der Waals surface area contributed by atoms with Gasteiger partial charge in [0.25, 0.3) is 0 Å². The summed E-state index contributed by atoms with van der Waals surface area (Å²) in [5.74, 6) is 0.911. The molecule has 1 N–H and O–H groups in total. The summed E-state index contributed by atoms with van der Waals surface area (Å²) in [5, 5.41) is 11.5. The molecule has 0 aromatic rings. The smallest absolute Gasteiger partial charge is 0.0658 e. The summed E-state index contributed by atoms with van der Waals surface area (Å²) in [4.78, 5) is 0. The maximum atomic E-state index is 10.1. The lowest BCUT2D eigenvalue weighted by Crippen LogP contribution is -2.26. The van der Waals surface area contributed by atoms with E-state index < -0.39 is 0 Å². The van der Waals surface area contributed by atoms with Crippen molar-refractivity contribution in [1.29, 1.82) is 0 Å². The maximum Gasteiger partial charge on any atom is 0.0658 e. The largest absolute Gasteiger partial charge is 0.392 e. The van der Waals surface area contributed by atoms with Gasteiger partial charge in [0.05, 0.1) is 6.10 Å². The predicted molar refractivity (Wildman–Crippen MR) is 71.9 cm³/mol. The molecule has 4 atom stereocenters. The van der Waals surface area contributed by atoms with Gasteiger partial charge in [-0.05, 0) is 31.6 Å². The summed E-state index contributed by atoms with van der Waals surface area (Å²) in [6.45, 7) is 2.39. The van der Waals surface area contributed by atoms with Crippen LogP contribution in [0.25, 0.3) is 0 Å². The molecule has 0 amide bonds. The fourth-order valence-electron chi connectivity index (χ4n) is 3.16. The van der Waals surface area contributed by atoms with Gasteiger partial charge in [0, 0.05) is 10.5 Å². The zero-order valence-corrected chi connectivity index (χ0v) is 11.3. The molecule has 0 heterocycles. The molecule has 2 rings (SSSR count). The molecule has 16 heavy (non-hydrogen) atoms. The minimum Gasteiger partial charge on any atom is -0.392 e. The molecular weight excluding hydrogens is 216 g/mol. The fraction of sp³-hybridized carbons (Fsp3) is 1.00. The first-order chi connectivity index (χ1) is 7.75. The Balaban J connectivity index is 1.82. The number of rotatable bonds is 2. The first-order valence-corrected chi connectivity index (χ1v) is 8.03. The molecule has 2 aliphatic carbocycles. The van der Waals surface area contributed by atoms with Crippen LogP contribution in [0, 0.1) is 5.92 Å². The number of aliphatic hydroxyl groups is 1. The van der Waals surface area contributed by atoms with Crippen molar-refractivity contribution < 1.29 is 5.11 Å². The summed E-state index contributed by atoms with van der Waals surface area (Å²) >= 11 is 2.12. The Morgan fingerprint density at radius 1 is 0.938 bits per heavy atom. The van der Waals surface area contributed by atoms with E-state index in [9.17, 15) is 5.11 Å². The van der Waals surface area contributed by atoms with Crippen LogP contribution in [0.15, 0.2) is 0 Å². The Bertz CT molecular complexity index is 207. The molecule has 0 aliphatic heterocycles. The van der Waals surface area contributed by atoms with E-state index in [0.717, 1.165) is 17.6 Å². The average Bonchev–Trinajstić information content (AvgIpc) is 2.45. The van der Waals surface area contributed by atoms with E-state index in [1.54, 1.807) is 0 Å². The van der Waals surface area contributed by atoms with E-state index in [-0.39, 0.29) is 6.10 Å². The van der Waals surface area contributed by atoms with Crippen molar-refractivity contribution in [3.05, 3.63) is 0 Å². The number of hydrogen-bond acceptors (Lipinski definition) is 2. The minimum atomic E-state index is -0.0234. The van der Waals surface area contributed by atoms with Gasteiger partial charge < -0.3 is 5.11 Å². The molecule has 2 saturated carbocycles. The van der Waals surface area contributed by atoms with Gasteiger partial charge in [0.15, 0.2) is 0 Å². The SMILES string of the molecule is CC1CCCC(SC2CCCCCC2O)C1. The van der Waals surface area contributed by atoms with Crippen LogP contribution in [-0.2, 0) is 0 Å². The highest BCUT2D eigenvalue weighted by atomic mass is 32.2. The first-order valence-electron chi connectivity index (χ1n) is 7.09. The molecule has 2 heteroatoms. The Morgan fingerprint density at radius 3 is 2.56 bits per heavy atom. The van der Waals surface area contributed by atoms with Crippen molar-refractivity contribution in [3.63, 3.8) is 0 Å². The van der Waals surface area contributed by atoms with Crippen molar-refractivity contribution >= 4 is 11.8 Å². The van der Waals surface area contributed by atoms with E-state index in [1.807, 2.05) is 0 Å². The highest BCUT2D eigenvalue weighted by Gasteiger charge is 2.27. The summed E-state index contributed by atoms with van der Waals surface area (Å²) in [6, 6.07) is 0. The lowest BCUT2D eigenvalue weighted by atomic mass is 9.90. The van der Waals surface area contributed by atoms with Crippen molar-refractivity contribution in [2.24, 2.45) is 5.92 Å². The van der Waals surface area contributed by atoms with E-state index >= 15 is 0 Å². The Hall–Kier alpha value is 0.310. The zero-order chi connectivity index (χ0) is 11.4. The Kier molecular flexibility index (Phi) is 5.02. The predicted octanol–water partition coefficient (Wildman–Crippen LogP) is 3.99. The topological polar surface area (TPSA) is 20.2 Å². The highest BCUT2D eigenvalue weighted by molar-refractivity contribution is 8.00. The van der Waals surface area contributed by atoms with Gasteiger partial charge in [-0.1, -0.05) is 39.0 Å². The molecule has 2 aliphatic rings. The van der Waals surface area contributed by atoms with Crippen LogP contribution in [0.1, 0.15) is 64.7 Å². The Labute approximate surface area is 104 Å². The zero-order valence-electron chi connectivity index (χ0n) is 10.5. The monoisotopic (exact) mass is 242 g/mol. The molecule has 1 nitrogen and oxygen atoms in total. The molecule has 4 unspecified atom stereocenters. The number of thioether (sulfide) groups is 1. The van der Waals surface area contributed by atoms with Crippen LogP contribution in [0.3, 0.4) is 0 Å². The summed E-state index contributed by atoms with van der Waals surface area (Å²) in [5.41, 5.74) is 0. The van der Waals surface area contributed by atoms with Gasteiger partial charge in [0.2, 0.25) is 0 Å². The second-order valence-electron chi connectivity index (χ2n) is 5.77. The van der Waals surface area contributed by atoms with Crippen LogP contribution in [0.4, 0.5) is 0 Å². The maximum absolute atomic E-state index is 10.1. The average molecular weight is 242 g/mol. The fourth-order valence-corrected chi connectivity index (χ4v) is 5.02. The quantitative estimate of drug-likeness (QED) is 0.739. The molecule has 0 aromatic heterocycles. The second-order valence-corrected chi connectivity index (χ2v) is 7.32. The second kappa shape index (κ2) is 6.30. The van der Waals surface area contributed by atoms with Crippen molar-refractivity contribution in [2.45, 2.75) is 81.3 Å². The molecule has 0 spiro atoms. The Morgan fingerprint density at radius 2 is 1.75 bits per heavy atom. The van der Waals surface area contributed by atoms with E-state index in [2.05, 4.69) is 18.7 Å². The third kappa shape index (κ3) is 3.66. The third-order valence-electron chi connectivity index (χ3n) is 4.17. The van der Waals surface area contributed by atoms with Crippen molar-refractivity contribution in [1.82, 2.24) is 0 Å². The van der Waals surface area contributed by atoms with Crippen LogP contribution in [-0.4, -0.2) is 21.7 Å². The summed E-state index contributed by atoms with van der Waals surface area (Å²) in [7, 11) is 0. The molecule has 0 aromatic carbocycles. The third-order valence-corrected chi connectivity index (χ3v) is 5.89. The lowest BCUT2D eigenvalue weighted by Gasteiger charge is -2.30. The van der Waals surface area contributed by atoms with Gasteiger partial charge in [-0.2, -0.15) is 11.8 Å². The van der Waals surface area contributed by atoms with Gasteiger partial charge in [-0.15, -0.1) is 0 Å². The van der Waals surface area contributed by atoms with Crippen molar-refractivity contribution in [3.8, 4) is 0 Å². The van der Waals surface area contributed by atoms with Gasteiger partial charge in [0.1, 0.15) is 0 Å². The van der Waals surface area contributed by atoms with Crippen LogP contribution in [0.5, 0.6) is 0 Å². The molecular formula is C14H26OS. The minimum absolute atomic E-state index is 0.0234. The first kappa shape index (κ1) is 12.8. The van der Waals surface area contributed by atoms with Crippen LogP contribution in [0.2, 0.25) is 0 Å². The van der Waals surface area contributed by atoms with E-state index in [4.69, 9.17) is 0 Å². The standard InChI is InChI=1S/C14H26OS/c1-11-6-5-7-12(10-11)16-14-9-4-2-3-8-13(14)15/h11-15H,2-10H2,1H3. The molecule has 0 radical (unpaired) electrons. The molecule has 0 saturated heterocycles. The highest BCUT2D eigenvalue weighted by Crippen LogP contribution is 2.38. The van der Waals surface area contributed by atoms with Crippen molar-refractivity contribution in [2.75, 3.05) is 0 Å². The van der Waals surface area contributed by atoms with Gasteiger partial charge in [-0.25, -0.2) is 0 Å². The number of aliphatic hydroxyl groups excluding tert-OH is 1. The molecule has 94 valence electrons. The normalized spacial score (nSPS) is 41.6. The number of hydrogen-bond donors (Lipinski definition) is 1. The van der Waals surface area contributed by atoms with E-state index in [1.165, 1.54) is 51.4 Å². The summed E-state index contributed by atoms with van der Waals surface area (Å²) < 4.78 is 0.